The maximum atomic E-state index is 12.4. The minimum atomic E-state index is -4.77. The quantitative estimate of drug-likeness (QED) is 0.251. The number of aryl methyl sites for hydroxylation is 1. The van der Waals surface area contributed by atoms with Crippen molar-refractivity contribution in [3.05, 3.63) is 89.2 Å². The molecule has 1 N–H and O–H groups in total. The Balaban J connectivity index is 1.16. The van der Waals surface area contributed by atoms with E-state index in [1.54, 1.807) is 36.4 Å². The summed E-state index contributed by atoms with van der Waals surface area (Å²) in [6.45, 7) is 1.90. The second kappa shape index (κ2) is 12.2. The molecule has 1 fully saturated rings. The summed E-state index contributed by atoms with van der Waals surface area (Å²) in [5.41, 5.74) is 5.50. The number of halogens is 4. The predicted molar refractivity (Wildman–Crippen MR) is 150 cm³/mol. The number of thioether (sulfide) groups is 1. The summed E-state index contributed by atoms with van der Waals surface area (Å²) in [7, 11) is 0. The van der Waals surface area contributed by atoms with Gasteiger partial charge < -0.3 is 4.74 Å². The normalized spacial score (nSPS) is 14.5. The van der Waals surface area contributed by atoms with Crippen LogP contribution in [0.4, 0.5) is 23.7 Å². The van der Waals surface area contributed by atoms with E-state index >= 15 is 0 Å². The number of carbonyl (C=O) groups excluding carboxylic acids is 2. The number of urea groups is 1. The van der Waals surface area contributed by atoms with E-state index in [0.29, 0.717) is 27.8 Å². The summed E-state index contributed by atoms with van der Waals surface area (Å²) < 4.78 is 42.4. The fraction of sp³-hybridized carbons (Fsp3) is 0.148. The Morgan fingerprint density at radius 1 is 1.12 bits per heavy atom. The molecule has 1 aliphatic heterocycles. The Kier molecular flexibility index (Phi) is 8.47. The van der Waals surface area contributed by atoms with Crippen LogP contribution in [0.25, 0.3) is 17.1 Å². The second-order valence-electron chi connectivity index (χ2n) is 8.81. The van der Waals surface area contributed by atoms with Crippen LogP contribution in [-0.4, -0.2) is 44.0 Å². The zero-order valence-corrected chi connectivity index (χ0v) is 23.2. The molecular formula is C27H20ClF3N6O4S. The molecule has 1 aromatic heterocycles. The lowest BCUT2D eigenvalue weighted by molar-refractivity contribution is -0.274. The highest BCUT2D eigenvalue weighted by Crippen LogP contribution is 2.33. The fourth-order valence-corrected chi connectivity index (χ4v) is 4.90. The number of hydroxylamine groups is 1. The zero-order valence-electron chi connectivity index (χ0n) is 21.6. The molecular weight excluding hydrogens is 597 g/mol. The van der Waals surface area contributed by atoms with Crippen molar-refractivity contribution in [1.82, 2.24) is 20.2 Å². The van der Waals surface area contributed by atoms with Crippen molar-refractivity contribution < 1.29 is 32.3 Å². The largest absolute Gasteiger partial charge is 0.573 e. The van der Waals surface area contributed by atoms with Crippen LogP contribution in [0.2, 0.25) is 5.02 Å². The van der Waals surface area contributed by atoms with Gasteiger partial charge in [-0.05, 0) is 54.4 Å². The van der Waals surface area contributed by atoms with E-state index in [9.17, 15) is 22.8 Å². The number of rotatable bonds is 7. The van der Waals surface area contributed by atoms with Crippen LogP contribution >= 0.6 is 23.4 Å². The van der Waals surface area contributed by atoms with Gasteiger partial charge in [0.1, 0.15) is 12.1 Å². The Hall–Kier alpha value is -4.40. The first kappa shape index (κ1) is 29.1. The molecule has 3 amide bonds. The van der Waals surface area contributed by atoms with Crippen molar-refractivity contribution in [2.24, 2.45) is 4.99 Å². The van der Waals surface area contributed by atoms with Crippen LogP contribution in [0.15, 0.2) is 78.0 Å². The Morgan fingerprint density at radius 2 is 1.86 bits per heavy atom. The van der Waals surface area contributed by atoms with E-state index < -0.39 is 12.4 Å². The molecule has 5 rings (SSSR count). The Labute approximate surface area is 246 Å². The number of hydrogen-bond acceptors (Lipinski definition) is 7. The van der Waals surface area contributed by atoms with Gasteiger partial charge in [-0.1, -0.05) is 53.7 Å². The summed E-state index contributed by atoms with van der Waals surface area (Å²) in [5, 5.41) is 4.91. The molecule has 0 saturated carbocycles. The molecule has 0 atom stereocenters. The van der Waals surface area contributed by atoms with Crippen molar-refractivity contribution in [3.63, 3.8) is 0 Å². The van der Waals surface area contributed by atoms with Crippen LogP contribution < -0.4 is 15.1 Å². The number of amidine groups is 1. The van der Waals surface area contributed by atoms with Crippen LogP contribution in [-0.2, 0) is 16.2 Å². The number of nitrogens with one attached hydrogen (secondary N) is 1. The molecule has 42 heavy (non-hydrogen) atoms. The predicted octanol–water partition coefficient (Wildman–Crippen LogP) is 6.07. The fourth-order valence-electron chi connectivity index (χ4n) is 3.84. The molecule has 4 aromatic rings. The molecule has 10 nitrogen and oxygen atoms in total. The van der Waals surface area contributed by atoms with E-state index in [1.165, 1.54) is 40.2 Å². The van der Waals surface area contributed by atoms with E-state index in [4.69, 9.17) is 16.4 Å². The second-order valence-corrected chi connectivity index (χ2v) is 10.2. The van der Waals surface area contributed by atoms with Gasteiger partial charge in [0, 0.05) is 5.56 Å². The summed E-state index contributed by atoms with van der Waals surface area (Å²) in [6.07, 6.45) is -3.33. The summed E-state index contributed by atoms with van der Waals surface area (Å²) >= 11 is 7.39. The molecule has 0 aliphatic carbocycles. The van der Waals surface area contributed by atoms with Gasteiger partial charge in [0.05, 0.1) is 28.8 Å². The van der Waals surface area contributed by atoms with Crippen molar-refractivity contribution in [2.45, 2.75) is 19.9 Å². The zero-order chi connectivity index (χ0) is 29.9. The van der Waals surface area contributed by atoms with Gasteiger partial charge in [-0.25, -0.2) is 19.9 Å². The third-order valence-corrected chi connectivity index (χ3v) is 6.99. The highest BCUT2D eigenvalue weighted by atomic mass is 35.5. The van der Waals surface area contributed by atoms with Crippen molar-refractivity contribution in [1.29, 1.82) is 0 Å². The number of nitrogens with zero attached hydrogens (tertiary/aromatic N) is 5. The van der Waals surface area contributed by atoms with E-state index in [-0.39, 0.29) is 29.2 Å². The maximum Gasteiger partial charge on any atom is 0.573 e. The maximum absolute atomic E-state index is 12.4. The Bertz CT molecular complexity index is 1650. The first-order chi connectivity index (χ1) is 20.1. The van der Waals surface area contributed by atoms with Gasteiger partial charge in [0.15, 0.2) is 11.0 Å². The highest BCUT2D eigenvalue weighted by molar-refractivity contribution is 8.15. The van der Waals surface area contributed by atoms with Crippen LogP contribution in [0.1, 0.15) is 11.1 Å². The van der Waals surface area contributed by atoms with E-state index in [1.807, 2.05) is 13.0 Å². The number of anilines is 1. The number of ether oxygens (including phenoxy) is 1. The van der Waals surface area contributed by atoms with Gasteiger partial charge in [-0.15, -0.1) is 18.3 Å². The van der Waals surface area contributed by atoms with Gasteiger partial charge in [-0.3, -0.25) is 14.5 Å². The van der Waals surface area contributed by atoms with Crippen LogP contribution in [0, 0.1) is 6.92 Å². The monoisotopic (exact) mass is 616 g/mol. The molecule has 1 aliphatic rings. The summed E-state index contributed by atoms with van der Waals surface area (Å²) in [5.74, 6) is -0.0635. The van der Waals surface area contributed by atoms with Gasteiger partial charge in [0.2, 0.25) is 5.91 Å². The van der Waals surface area contributed by atoms with Crippen LogP contribution in [0.3, 0.4) is 0 Å². The van der Waals surface area contributed by atoms with Crippen molar-refractivity contribution in [3.8, 4) is 22.8 Å². The number of aromatic nitrogens is 3. The molecule has 15 heteroatoms. The van der Waals surface area contributed by atoms with E-state index in [0.717, 1.165) is 22.9 Å². The Morgan fingerprint density at radius 3 is 2.57 bits per heavy atom. The van der Waals surface area contributed by atoms with Gasteiger partial charge >= 0.3 is 12.4 Å². The molecule has 0 bridgehead atoms. The number of alkyl halides is 3. The first-order valence-corrected chi connectivity index (χ1v) is 13.5. The minimum Gasteiger partial charge on any atom is -0.406 e. The third-order valence-electron chi connectivity index (χ3n) is 5.74. The van der Waals surface area contributed by atoms with Gasteiger partial charge in [0.25, 0.3) is 0 Å². The molecule has 0 unspecified atom stereocenters. The third kappa shape index (κ3) is 7.08. The van der Waals surface area contributed by atoms with E-state index in [2.05, 4.69) is 25.3 Å². The number of amides is 3. The molecule has 216 valence electrons. The van der Waals surface area contributed by atoms with Crippen molar-refractivity contribution in [2.75, 3.05) is 10.7 Å². The number of aliphatic imine (C=N–C) groups is 1. The SMILES string of the molecule is Cc1ccc(Cl)c(N2C(=O)CSC2=NC(=O)NOCc2ccc(-c3ncn(-c4ccc(OC(F)(F)F)cc4)n3)cc2)c1. The molecule has 2 heterocycles. The molecule has 0 radical (unpaired) electrons. The minimum absolute atomic E-state index is 0.0323. The number of benzene rings is 3. The lowest BCUT2D eigenvalue weighted by Gasteiger charge is -2.18. The molecule has 1 saturated heterocycles. The smallest absolute Gasteiger partial charge is 0.406 e. The topological polar surface area (TPSA) is 111 Å². The van der Waals surface area contributed by atoms with Crippen molar-refractivity contribution >= 4 is 46.2 Å². The average Bonchev–Trinajstić information content (AvgIpc) is 3.57. The molecule has 3 aromatic carbocycles. The standard InChI is InChI=1S/C27H20ClF3N6O4S/c1-16-2-11-21(28)22(12-16)37-23(38)14-42-26(37)33-25(39)35-40-13-17-3-5-18(6-4-17)24-32-15-36(34-24)19-7-9-20(10-8-19)41-27(29,30)31/h2-12,15H,13-14H2,1H3,(H,35,39). The summed E-state index contributed by atoms with van der Waals surface area (Å²) in [6, 6.07) is 16.7. The van der Waals surface area contributed by atoms with Crippen LogP contribution in [0.5, 0.6) is 5.75 Å². The average molecular weight is 617 g/mol. The molecule has 0 spiro atoms. The lowest BCUT2D eigenvalue weighted by Crippen LogP contribution is -2.31. The number of hydrogen-bond donors (Lipinski definition) is 1. The highest BCUT2D eigenvalue weighted by Gasteiger charge is 2.32. The summed E-state index contributed by atoms with van der Waals surface area (Å²) in [4.78, 5) is 39.6. The first-order valence-electron chi connectivity index (χ1n) is 12.2. The number of carbonyl (C=O) groups is 2. The lowest BCUT2D eigenvalue weighted by atomic mass is 10.1. The van der Waals surface area contributed by atoms with Gasteiger partial charge in [-0.2, -0.15) is 4.99 Å².